The van der Waals surface area contributed by atoms with Crippen molar-refractivity contribution in [2.45, 2.75) is 0 Å². The summed E-state index contributed by atoms with van der Waals surface area (Å²) in [6.45, 7) is 0. The molecule has 0 aliphatic carbocycles. The van der Waals surface area contributed by atoms with E-state index in [0.29, 0.717) is 11.3 Å². The second-order valence-electron chi connectivity index (χ2n) is 3.70. The van der Waals surface area contributed by atoms with Crippen molar-refractivity contribution in [3.8, 4) is 5.69 Å². The number of rotatable bonds is 1. The van der Waals surface area contributed by atoms with Crippen molar-refractivity contribution < 1.29 is 4.42 Å². The van der Waals surface area contributed by atoms with Crippen LogP contribution in [-0.2, 0) is 0 Å². The van der Waals surface area contributed by atoms with Gasteiger partial charge < -0.3 is 4.42 Å². The molecular weight excluding hydrogens is 232 g/mol. The van der Waals surface area contributed by atoms with E-state index >= 15 is 0 Å². The Hall–Kier alpha value is -2.69. The van der Waals surface area contributed by atoms with Gasteiger partial charge in [-0.05, 0) is 24.3 Å². The van der Waals surface area contributed by atoms with Crippen LogP contribution >= 0.6 is 0 Å². The van der Waals surface area contributed by atoms with Gasteiger partial charge in [0.25, 0.3) is 0 Å². The van der Waals surface area contributed by atoms with Crippen molar-refractivity contribution in [2.24, 2.45) is 0 Å². The molecule has 0 N–H and O–H groups in total. The zero-order valence-corrected chi connectivity index (χ0v) is 9.24. The van der Waals surface area contributed by atoms with Crippen molar-refractivity contribution in [3.63, 3.8) is 0 Å². The molecule has 88 valence electrons. The summed E-state index contributed by atoms with van der Waals surface area (Å²) in [5.74, 6) is -0.739. The Labute approximate surface area is 101 Å². The topological polar surface area (TPSA) is 65.1 Å². The van der Waals surface area contributed by atoms with E-state index in [2.05, 4.69) is 9.40 Å². The van der Waals surface area contributed by atoms with Crippen molar-refractivity contribution in [3.05, 3.63) is 69.6 Å². The Morgan fingerprint density at radius 3 is 2.56 bits per heavy atom. The smallest absolute Gasteiger partial charge is 0.372 e. The summed E-state index contributed by atoms with van der Waals surface area (Å²) in [5, 5.41) is 0.279. The van der Waals surface area contributed by atoms with E-state index in [0.717, 1.165) is 0 Å². The minimum atomic E-state index is -0.739. The van der Waals surface area contributed by atoms with Crippen LogP contribution in [0.3, 0.4) is 0 Å². The standard InChI is InChI=1S/C13H8N2O3/c16-12-10-7-4-8-14-11(10)15(13(17)18-12)9-5-2-1-3-6-9/h1-8H. The van der Waals surface area contributed by atoms with Gasteiger partial charge in [0.05, 0.1) is 5.69 Å². The highest BCUT2D eigenvalue weighted by Gasteiger charge is 2.11. The number of fused-ring (bicyclic) bond motifs is 1. The number of pyridine rings is 1. The Bertz CT molecular complexity index is 819. The molecule has 0 unspecified atom stereocenters. The van der Waals surface area contributed by atoms with Gasteiger partial charge >= 0.3 is 11.4 Å². The number of para-hydroxylation sites is 1. The summed E-state index contributed by atoms with van der Waals surface area (Å²) in [7, 11) is 0. The Kier molecular flexibility index (Phi) is 2.30. The average Bonchev–Trinajstić information content (AvgIpc) is 2.40. The van der Waals surface area contributed by atoms with Crippen LogP contribution in [0.5, 0.6) is 0 Å². The first-order valence-corrected chi connectivity index (χ1v) is 5.34. The molecule has 0 bridgehead atoms. The van der Waals surface area contributed by atoms with Crippen LogP contribution in [0.1, 0.15) is 0 Å². The molecule has 0 aliphatic rings. The molecule has 3 rings (SSSR count). The molecule has 0 radical (unpaired) electrons. The first kappa shape index (κ1) is 10.5. The Morgan fingerprint density at radius 1 is 1.00 bits per heavy atom. The predicted octanol–water partition coefficient (Wildman–Crippen LogP) is 1.34. The monoisotopic (exact) mass is 240 g/mol. The Morgan fingerprint density at radius 2 is 1.78 bits per heavy atom. The SMILES string of the molecule is O=c1oc(=O)n(-c2ccccc2)c2ncccc12. The summed E-state index contributed by atoms with van der Waals surface area (Å²) in [6, 6.07) is 12.1. The third-order valence-corrected chi connectivity index (χ3v) is 2.60. The molecule has 0 saturated heterocycles. The Balaban J connectivity index is 2.50. The van der Waals surface area contributed by atoms with Gasteiger partial charge in [-0.15, -0.1) is 0 Å². The lowest BCUT2D eigenvalue weighted by Crippen LogP contribution is -2.24. The molecule has 0 saturated carbocycles. The van der Waals surface area contributed by atoms with Gasteiger partial charge in [0, 0.05) is 6.20 Å². The van der Waals surface area contributed by atoms with Crippen LogP contribution in [0.25, 0.3) is 16.7 Å². The van der Waals surface area contributed by atoms with E-state index in [9.17, 15) is 9.59 Å². The third-order valence-electron chi connectivity index (χ3n) is 2.60. The number of hydrogen-bond donors (Lipinski definition) is 0. The molecule has 5 nitrogen and oxygen atoms in total. The normalized spacial score (nSPS) is 10.7. The van der Waals surface area contributed by atoms with Crippen LogP contribution in [0.15, 0.2) is 62.7 Å². The summed E-state index contributed by atoms with van der Waals surface area (Å²) in [4.78, 5) is 27.5. The van der Waals surface area contributed by atoms with Gasteiger partial charge in [0.2, 0.25) is 0 Å². The second kappa shape index (κ2) is 3.96. The lowest BCUT2D eigenvalue weighted by Gasteiger charge is -2.06. The average molecular weight is 240 g/mol. The largest absolute Gasteiger partial charge is 0.428 e. The molecule has 2 aromatic heterocycles. The molecule has 0 amide bonds. The summed E-state index contributed by atoms with van der Waals surface area (Å²) in [5.41, 5.74) is 0.232. The predicted molar refractivity (Wildman–Crippen MR) is 65.9 cm³/mol. The molecule has 0 aliphatic heterocycles. The van der Waals surface area contributed by atoms with E-state index in [4.69, 9.17) is 0 Å². The lowest BCUT2D eigenvalue weighted by molar-refractivity contribution is 0.443. The maximum absolute atomic E-state index is 11.8. The van der Waals surface area contributed by atoms with Crippen LogP contribution in [0, 0.1) is 0 Å². The molecular formula is C13H8N2O3. The molecule has 3 aromatic rings. The summed E-state index contributed by atoms with van der Waals surface area (Å²) < 4.78 is 5.96. The number of aromatic nitrogens is 2. The maximum Gasteiger partial charge on any atom is 0.428 e. The van der Waals surface area contributed by atoms with Gasteiger partial charge in [0.1, 0.15) is 5.39 Å². The fourth-order valence-electron chi connectivity index (χ4n) is 1.81. The highest BCUT2D eigenvalue weighted by Crippen LogP contribution is 2.10. The fourth-order valence-corrected chi connectivity index (χ4v) is 1.81. The quantitative estimate of drug-likeness (QED) is 0.643. The number of hydrogen-bond acceptors (Lipinski definition) is 4. The molecule has 2 heterocycles. The maximum atomic E-state index is 11.8. The first-order chi connectivity index (χ1) is 8.77. The number of nitrogens with zero attached hydrogens (tertiary/aromatic N) is 2. The first-order valence-electron chi connectivity index (χ1n) is 5.34. The third kappa shape index (κ3) is 1.53. The van der Waals surface area contributed by atoms with Crippen molar-refractivity contribution >= 4 is 11.0 Å². The van der Waals surface area contributed by atoms with Gasteiger partial charge in [-0.1, -0.05) is 18.2 Å². The van der Waals surface area contributed by atoms with E-state index in [1.54, 1.807) is 36.4 Å². The van der Waals surface area contributed by atoms with Crippen molar-refractivity contribution in [1.82, 2.24) is 9.55 Å². The second-order valence-corrected chi connectivity index (χ2v) is 3.70. The fraction of sp³-hybridized carbons (Fsp3) is 0. The molecule has 0 fully saturated rings. The van der Waals surface area contributed by atoms with E-state index in [-0.39, 0.29) is 5.39 Å². The molecule has 0 atom stereocenters. The zero-order valence-electron chi connectivity index (χ0n) is 9.24. The lowest BCUT2D eigenvalue weighted by atomic mass is 10.3. The van der Waals surface area contributed by atoms with Gasteiger partial charge in [-0.2, -0.15) is 0 Å². The summed E-state index contributed by atoms with van der Waals surface area (Å²) in [6.07, 6.45) is 1.53. The van der Waals surface area contributed by atoms with Crippen LogP contribution in [0.2, 0.25) is 0 Å². The summed E-state index contributed by atoms with van der Waals surface area (Å²) >= 11 is 0. The molecule has 1 aromatic carbocycles. The highest BCUT2D eigenvalue weighted by atomic mass is 16.4. The highest BCUT2D eigenvalue weighted by molar-refractivity contribution is 5.74. The van der Waals surface area contributed by atoms with E-state index in [1.807, 2.05) is 6.07 Å². The van der Waals surface area contributed by atoms with Crippen molar-refractivity contribution in [2.75, 3.05) is 0 Å². The van der Waals surface area contributed by atoms with E-state index in [1.165, 1.54) is 10.8 Å². The minimum absolute atomic E-state index is 0.279. The van der Waals surface area contributed by atoms with Gasteiger partial charge in [0.15, 0.2) is 5.65 Å². The van der Waals surface area contributed by atoms with Gasteiger partial charge in [-0.25, -0.2) is 19.1 Å². The minimum Gasteiger partial charge on any atom is -0.372 e. The van der Waals surface area contributed by atoms with E-state index < -0.39 is 11.4 Å². The van der Waals surface area contributed by atoms with Crippen LogP contribution < -0.4 is 11.4 Å². The van der Waals surface area contributed by atoms with Gasteiger partial charge in [-0.3, -0.25) is 0 Å². The zero-order chi connectivity index (χ0) is 12.5. The van der Waals surface area contributed by atoms with Crippen LogP contribution in [-0.4, -0.2) is 9.55 Å². The number of benzene rings is 1. The van der Waals surface area contributed by atoms with Crippen molar-refractivity contribution in [1.29, 1.82) is 0 Å². The molecule has 5 heteroatoms. The molecule has 0 spiro atoms. The molecule has 18 heavy (non-hydrogen) atoms. The van der Waals surface area contributed by atoms with Crippen LogP contribution in [0.4, 0.5) is 0 Å².